The Morgan fingerprint density at radius 1 is 1.26 bits per heavy atom. The molecule has 0 radical (unpaired) electrons. The fourth-order valence-electron chi connectivity index (χ4n) is 1.59. The highest BCUT2D eigenvalue weighted by Gasteiger charge is 2.14. The summed E-state index contributed by atoms with van der Waals surface area (Å²) in [5.74, 6) is 1.44. The summed E-state index contributed by atoms with van der Waals surface area (Å²) < 4.78 is 10.6. The molecular weight excluding hydrogens is 260 g/mol. The summed E-state index contributed by atoms with van der Waals surface area (Å²) in [6.07, 6.45) is 0.626. The van der Waals surface area contributed by atoms with Crippen LogP contribution in [0.1, 0.15) is 31.9 Å². The van der Waals surface area contributed by atoms with Gasteiger partial charge in [-0.05, 0) is 12.5 Å². The van der Waals surface area contributed by atoms with Crippen molar-refractivity contribution in [3.63, 3.8) is 0 Å². The lowest BCUT2D eigenvalue weighted by Crippen LogP contribution is -2.09. The number of methoxy groups -OCH3 is 1. The number of para-hydroxylation sites is 1. The van der Waals surface area contributed by atoms with Gasteiger partial charge in [0.15, 0.2) is 0 Å². The lowest BCUT2D eigenvalue weighted by atomic mass is 10.1. The predicted octanol–water partition coefficient (Wildman–Crippen LogP) is 3.28. The Morgan fingerprint density at radius 2 is 2.00 bits per heavy atom. The summed E-state index contributed by atoms with van der Waals surface area (Å²) in [5, 5.41) is 10.8. The quantitative estimate of drug-likeness (QED) is 0.706. The van der Waals surface area contributed by atoms with Crippen LogP contribution >= 0.6 is 11.8 Å². The molecular formula is C15H24O3S. The van der Waals surface area contributed by atoms with Gasteiger partial charge in [0, 0.05) is 23.7 Å². The number of hydrogen-bond donors (Lipinski definition) is 1. The molecule has 19 heavy (non-hydrogen) atoms. The normalized spacial score (nSPS) is 14.1. The second-order valence-corrected chi connectivity index (χ2v) is 5.92. The van der Waals surface area contributed by atoms with Gasteiger partial charge < -0.3 is 14.6 Å². The number of hydrogen-bond acceptors (Lipinski definition) is 4. The van der Waals surface area contributed by atoms with Crippen molar-refractivity contribution in [1.82, 2.24) is 0 Å². The van der Waals surface area contributed by atoms with Crippen LogP contribution in [0.25, 0.3) is 0 Å². The first-order valence-electron chi connectivity index (χ1n) is 6.69. The molecule has 3 nitrogen and oxygen atoms in total. The van der Waals surface area contributed by atoms with Crippen molar-refractivity contribution in [3.05, 3.63) is 29.8 Å². The fourth-order valence-corrected chi connectivity index (χ4v) is 2.51. The third kappa shape index (κ3) is 5.85. The number of aliphatic hydroxyl groups excluding tert-OH is 1. The number of thioether (sulfide) groups is 1. The second kappa shape index (κ2) is 9.23. The first-order valence-corrected chi connectivity index (χ1v) is 7.74. The Labute approximate surface area is 120 Å². The third-order valence-corrected chi connectivity index (χ3v) is 4.35. The molecule has 1 aromatic rings. The van der Waals surface area contributed by atoms with Crippen LogP contribution in [0.4, 0.5) is 0 Å². The van der Waals surface area contributed by atoms with Crippen molar-refractivity contribution in [2.75, 3.05) is 26.1 Å². The monoisotopic (exact) mass is 284 g/mol. The first-order chi connectivity index (χ1) is 9.19. The molecule has 0 aliphatic rings. The molecule has 1 N–H and O–H groups in total. The molecule has 0 aliphatic heterocycles. The minimum atomic E-state index is -0.488. The average molecular weight is 284 g/mol. The van der Waals surface area contributed by atoms with Crippen LogP contribution in [0.3, 0.4) is 0 Å². The van der Waals surface area contributed by atoms with Crippen LogP contribution in [-0.4, -0.2) is 36.4 Å². The second-order valence-electron chi connectivity index (χ2n) is 4.45. The molecule has 0 bridgehead atoms. The molecule has 4 heteroatoms. The van der Waals surface area contributed by atoms with E-state index in [0.717, 1.165) is 17.7 Å². The van der Waals surface area contributed by atoms with E-state index < -0.39 is 6.10 Å². The van der Waals surface area contributed by atoms with Crippen molar-refractivity contribution < 1.29 is 14.6 Å². The maximum absolute atomic E-state index is 10.3. The Kier molecular flexibility index (Phi) is 7.94. The zero-order valence-electron chi connectivity index (χ0n) is 12.0. The van der Waals surface area contributed by atoms with Gasteiger partial charge in [0.25, 0.3) is 0 Å². The van der Waals surface area contributed by atoms with Crippen LogP contribution < -0.4 is 4.74 Å². The Balaban J connectivity index is 2.59. The van der Waals surface area contributed by atoms with E-state index in [-0.39, 0.29) is 0 Å². The largest absolute Gasteiger partial charge is 0.491 e. The lowest BCUT2D eigenvalue weighted by Gasteiger charge is -2.17. The molecule has 0 amide bonds. The van der Waals surface area contributed by atoms with Crippen LogP contribution in [0.15, 0.2) is 24.3 Å². The summed E-state index contributed by atoms with van der Waals surface area (Å²) in [6, 6.07) is 7.65. The third-order valence-electron chi connectivity index (χ3n) is 2.94. The molecule has 2 unspecified atom stereocenters. The van der Waals surface area contributed by atoms with Crippen LogP contribution in [0, 0.1) is 0 Å². The minimum absolute atomic E-state index is 0.488. The summed E-state index contributed by atoms with van der Waals surface area (Å²) in [7, 11) is 1.65. The summed E-state index contributed by atoms with van der Waals surface area (Å²) >= 11 is 1.79. The van der Waals surface area contributed by atoms with E-state index >= 15 is 0 Å². The summed E-state index contributed by atoms with van der Waals surface area (Å²) in [5.41, 5.74) is 0.856. The molecule has 1 rings (SSSR count). The SMILES string of the molecule is CCC(C)SCC(O)c1ccccc1OCCOC. The number of benzene rings is 1. The van der Waals surface area contributed by atoms with Crippen LogP contribution in [0.5, 0.6) is 5.75 Å². The highest BCUT2D eigenvalue weighted by atomic mass is 32.2. The number of rotatable bonds is 9. The Hall–Kier alpha value is -0.710. The number of aliphatic hydroxyl groups is 1. The molecule has 0 fully saturated rings. The molecule has 0 heterocycles. The minimum Gasteiger partial charge on any atom is -0.491 e. The van der Waals surface area contributed by atoms with Gasteiger partial charge in [-0.3, -0.25) is 0 Å². The van der Waals surface area contributed by atoms with E-state index in [4.69, 9.17) is 9.47 Å². The van der Waals surface area contributed by atoms with Gasteiger partial charge in [-0.1, -0.05) is 32.0 Å². The molecule has 0 spiro atoms. The average Bonchev–Trinajstić information content (AvgIpc) is 2.45. The zero-order valence-corrected chi connectivity index (χ0v) is 12.8. The Morgan fingerprint density at radius 3 is 2.68 bits per heavy atom. The molecule has 2 atom stereocenters. The van der Waals surface area contributed by atoms with E-state index in [0.29, 0.717) is 24.2 Å². The highest BCUT2D eigenvalue weighted by Crippen LogP contribution is 2.29. The summed E-state index contributed by atoms with van der Waals surface area (Å²) in [4.78, 5) is 0. The Bertz CT molecular complexity index is 357. The van der Waals surface area contributed by atoms with E-state index in [2.05, 4.69) is 13.8 Å². The molecule has 0 saturated carbocycles. The number of ether oxygens (including phenoxy) is 2. The van der Waals surface area contributed by atoms with Crippen molar-refractivity contribution in [2.45, 2.75) is 31.6 Å². The van der Waals surface area contributed by atoms with E-state index in [1.54, 1.807) is 18.9 Å². The zero-order chi connectivity index (χ0) is 14.1. The highest BCUT2D eigenvalue weighted by molar-refractivity contribution is 7.99. The topological polar surface area (TPSA) is 38.7 Å². The van der Waals surface area contributed by atoms with Gasteiger partial charge in [-0.25, -0.2) is 0 Å². The van der Waals surface area contributed by atoms with Crippen LogP contribution in [-0.2, 0) is 4.74 Å². The van der Waals surface area contributed by atoms with E-state index in [1.807, 2.05) is 24.3 Å². The maximum Gasteiger partial charge on any atom is 0.125 e. The van der Waals surface area contributed by atoms with Crippen molar-refractivity contribution >= 4 is 11.8 Å². The van der Waals surface area contributed by atoms with Crippen molar-refractivity contribution in [1.29, 1.82) is 0 Å². The van der Waals surface area contributed by atoms with Gasteiger partial charge in [-0.2, -0.15) is 11.8 Å². The van der Waals surface area contributed by atoms with E-state index in [9.17, 15) is 5.11 Å². The maximum atomic E-state index is 10.3. The van der Waals surface area contributed by atoms with E-state index in [1.165, 1.54) is 0 Å². The molecule has 0 aromatic heterocycles. The molecule has 1 aromatic carbocycles. The lowest BCUT2D eigenvalue weighted by molar-refractivity contribution is 0.141. The van der Waals surface area contributed by atoms with Gasteiger partial charge in [-0.15, -0.1) is 0 Å². The molecule has 108 valence electrons. The molecule has 0 aliphatic carbocycles. The van der Waals surface area contributed by atoms with Crippen molar-refractivity contribution in [2.24, 2.45) is 0 Å². The van der Waals surface area contributed by atoms with Crippen molar-refractivity contribution in [3.8, 4) is 5.75 Å². The van der Waals surface area contributed by atoms with Gasteiger partial charge in [0.2, 0.25) is 0 Å². The summed E-state index contributed by atoms with van der Waals surface area (Å²) in [6.45, 7) is 5.38. The first kappa shape index (κ1) is 16.3. The van der Waals surface area contributed by atoms with Gasteiger partial charge >= 0.3 is 0 Å². The van der Waals surface area contributed by atoms with Crippen LogP contribution in [0.2, 0.25) is 0 Å². The molecule has 0 saturated heterocycles. The van der Waals surface area contributed by atoms with Gasteiger partial charge in [0.1, 0.15) is 12.4 Å². The predicted molar refractivity (Wildman–Crippen MR) is 81.0 cm³/mol. The standard InChI is InChI=1S/C15H24O3S/c1-4-12(2)19-11-14(16)13-7-5-6-8-15(13)18-10-9-17-3/h5-8,12,14,16H,4,9-11H2,1-3H3. The smallest absolute Gasteiger partial charge is 0.125 e. The van der Waals surface area contributed by atoms with Gasteiger partial charge in [0.05, 0.1) is 12.7 Å². The fraction of sp³-hybridized carbons (Fsp3) is 0.600.